The fraction of sp³-hybridized carbons (Fsp3) is 0.538. The molecule has 0 aliphatic rings. The first-order valence-corrected chi connectivity index (χ1v) is 6.21. The zero-order chi connectivity index (χ0) is 14.4. The molecule has 0 spiro atoms. The summed E-state index contributed by atoms with van der Waals surface area (Å²) >= 11 is 0. The molecular weight excluding hydrogens is 246 g/mol. The standard InChI is InChI=1S/C13H21N3O3/c1-10(15(2)3)8-14-9-13(17)11-4-6-12(7-5-11)16(18)19/h4-7,10,13-14,17H,8-9H2,1-3H3. The summed E-state index contributed by atoms with van der Waals surface area (Å²) in [7, 11) is 4.00. The molecule has 2 unspecified atom stereocenters. The van der Waals surface area contributed by atoms with E-state index in [1.54, 1.807) is 12.1 Å². The third-order valence-corrected chi connectivity index (χ3v) is 3.15. The monoisotopic (exact) mass is 267 g/mol. The first-order chi connectivity index (χ1) is 8.91. The summed E-state index contributed by atoms with van der Waals surface area (Å²) < 4.78 is 0. The SMILES string of the molecule is CC(CNCC(O)c1ccc([N+](=O)[O-])cc1)N(C)C. The lowest BCUT2D eigenvalue weighted by Gasteiger charge is -2.21. The van der Waals surface area contributed by atoms with Crippen molar-refractivity contribution in [3.05, 3.63) is 39.9 Å². The van der Waals surface area contributed by atoms with Crippen LogP contribution < -0.4 is 5.32 Å². The average Bonchev–Trinajstić information content (AvgIpc) is 2.38. The lowest BCUT2D eigenvalue weighted by molar-refractivity contribution is -0.384. The van der Waals surface area contributed by atoms with Gasteiger partial charge in [-0.1, -0.05) is 0 Å². The smallest absolute Gasteiger partial charge is 0.269 e. The number of rotatable bonds is 7. The van der Waals surface area contributed by atoms with Gasteiger partial charge in [0.2, 0.25) is 0 Å². The Morgan fingerprint density at radius 2 is 1.89 bits per heavy atom. The number of benzene rings is 1. The van der Waals surface area contributed by atoms with Crippen LogP contribution in [0.25, 0.3) is 0 Å². The van der Waals surface area contributed by atoms with Gasteiger partial charge in [-0.25, -0.2) is 0 Å². The number of nitrogens with one attached hydrogen (secondary N) is 1. The second-order valence-electron chi connectivity index (χ2n) is 4.84. The third kappa shape index (κ3) is 4.94. The molecule has 1 rings (SSSR count). The van der Waals surface area contributed by atoms with E-state index in [0.29, 0.717) is 18.2 Å². The van der Waals surface area contributed by atoms with Crippen molar-refractivity contribution in [2.75, 3.05) is 27.2 Å². The number of likely N-dealkylation sites (N-methyl/N-ethyl adjacent to an activating group) is 1. The maximum Gasteiger partial charge on any atom is 0.269 e. The Balaban J connectivity index is 2.45. The molecule has 0 fully saturated rings. The van der Waals surface area contributed by atoms with Crippen molar-refractivity contribution >= 4 is 5.69 Å². The highest BCUT2D eigenvalue weighted by Crippen LogP contribution is 2.17. The number of hydrogen-bond acceptors (Lipinski definition) is 5. The Morgan fingerprint density at radius 1 is 1.32 bits per heavy atom. The van der Waals surface area contributed by atoms with Gasteiger partial charge >= 0.3 is 0 Å². The largest absolute Gasteiger partial charge is 0.387 e. The van der Waals surface area contributed by atoms with Gasteiger partial charge in [-0.15, -0.1) is 0 Å². The molecule has 0 saturated carbocycles. The zero-order valence-electron chi connectivity index (χ0n) is 11.5. The number of nitro groups is 1. The maximum absolute atomic E-state index is 10.5. The van der Waals surface area contributed by atoms with Crippen LogP contribution in [0.3, 0.4) is 0 Å². The van der Waals surface area contributed by atoms with Gasteiger partial charge in [-0.05, 0) is 38.7 Å². The van der Waals surface area contributed by atoms with Crippen molar-refractivity contribution in [1.29, 1.82) is 0 Å². The van der Waals surface area contributed by atoms with Gasteiger partial charge in [-0.3, -0.25) is 10.1 Å². The lowest BCUT2D eigenvalue weighted by atomic mass is 10.1. The number of hydrogen-bond donors (Lipinski definition) is 2. The van der Waals surface area contributed by atoms with Gasteiger partial charge in [0.25, 0.3) is 5.69 Å². The minimum atomic E-state index is -0.657. The number of nitro benzene ring substituents is 1. The van der Waals surface area contributed by atoms with E-state index in [4.69, 9.17) is 0 Å². The van der Waals surface area contributed by atoms with Crippen molar-refractivity contribution in [2.45, 2.75) is 19.1 Å². The molecular formula is C13H21N3O3. The summed E-state index contributed by atoms with van der Waals surface area (Å²) in [5.41, 5.74) is 0.709. The van der Waals surface area contributed by atoms with E-state index in [2.05, 4.69) is 17.1 Å². The summed E-state index contributed by atoms with van der Waals surface area (Å²) in [6.45, 7) is 3.29. The Morgan fingerprint density at radius 3 is 2.37 bits per heavy atom. The second-order valence-corrected chi connectivity index (χ2v) is 4.84. The Bertz CT molecular complexity index is 406. The van der Waals surface area contributed by atoms with E-state index in [1.165, 1.54) is 12.1 Å². The Labute approximate surface area is 113 Å². The average molecular weight is 267 g/mol. The molecule has 0 bridgehead atoms. The number of nitrogens with zero attached hydrogens (tertiary/aromatic N) is 2. The quantitative estimate of drug-likeness (QED) is 0.572. The van der Waals surface area contributed by atoms with Gasteiger partial charge in [0.05, 0.1) is 11.0 Å². The summed E-state index contributed by atoms with van der Waals surface area (Å²) in [5, 5.41) is 23.7. The van der Waals surface area contributed by atoms with Crippen LogP contribution in [0.15, 0.2) is 24.3 Å². The molecule has 0 radical (unpaired) electrons. The third-order valence-electron chi connectivity index (χ3n) is 3.15. The molecule has 0 amide bonds. The zero-order valence-corrected chi connectivity index (χ0v) is 11.5. The molecule has 1 aromatic carbocycles. The molecule has 0 saturated heterocycles. The van der Waals surface area contributed by atoms with Crippen molar-refractivity contribution in [3.8, 4) is 0 Å². The van der Waals surface area contributed by atoms with Crippen LogP contribution in [0.1, 0.15) is 18.6 Å². The van der Waals surface area contributed by atoms with Crippen LogP contribution in [-0.4, -0.2) is 48.2 Å². The highest BCUT2D eigenvalue weighted by molar-refractivity contribution is 5.33. The number of aliphatic hydroxyl groups is 1. The summed E-state index contributed by atoms with van der Waals surface area (Å²) in [5.74, 6) is 0. The molecule has 0 aromatic heterocycles. The maximum atomic E-state index is 10.5. The summed E-state index contributed by atoms with van der Waals surface area (Å²) in [6.07, 6.45) is -0.657. The van der Waals surface area contributed by atoms with Crippen LogP contribution in [-0.2, 0) is 0 Å². The molecule has 6 heteroatoms. The Hall–Kier alpha value is -1.50. The number of non-ortho nitro benzene ring substituents is 1. The minimum absolute atomic E-state index is 0.0325. The van der Waals surface area contributed by atoms with Crippen molar-refractivity contribution in [1.82, 2.24) is 10.2 Å². The van der Waals surface area contributed by atoms with Crippen LogP contribution in [0.4, 0.5) is 5.69 Å². The molecule has 0 aliphatic heterocycles. The number of aliphatic hydroxyl groups excluding tert-OH is 1. The topological polar surface area (TPSA) is 78.6 Å². The van der Waals surface area contributed by atoms with E-state index in [9.17, 15) is 15.2 Å². The van der Waals surface area contributed by atoms with Crippen molar-refractivity contribution in [2.24, 2.45) is 0 Å². The molecule has 2 atom stereocenters. The molecule has 6 nitrogen and oxygen atoms in total. The van der Waals surface area contributed by atoms with Gasteiger partial charge < -0.3 is 15.3 Å². The first-order valence-electron chi connectivity index (χ1n) is 6.21. The Kier molecular flexibility index (Phi) is 5.88. The van der Waals surface area contributed by atoms with Gasteiger partial charge in [-0.2, -0.15) is 0 Å². The molecule has 1 aromatic rings. The second kappa shape index (κ2) is 7.18. The highest BCUT2D eigenvalue weighted by Gasteiger charge is 2.11. The first kappa shape index (κ1) is 15.6. The summed E-state index contributed by atoms with van der Waals surface area (Å²) in [6, 6.07) is 6.35. The highest BCUT2D eigenvalue weighted by atomic mass is 16.6. The summed E-state index contributed by atoms with van der Waals surface area (Å²) in [4.78, 5) is 12.2. The van der Waals surface area contributed by atoms with E-state index in [-0.39, 0.29) is 5.69 Å². The van der Waals surface area contributed by atoms with Crippen LogP contribution >= 0.6 is 0 Å². The van der Waals surface area contributed by atoms with Crippen molar-refractivity contribution in [3.63, 3.8) is 0 Å². The van der Waals surface area contributed by atoms with Crippen LogP contribution in [0.2, 0.25) is 0 Å². The molecule has 106 valence electrons. The lowest BCUT2D eigenvalue weighted by Crippen LogP contribution is -2.37. The normalized spacial score (nSPS) is 14.4. The molecule has 2 N–H and O–H groups in total. The molecule has 0 heterocycles. The molecule has 0 aliphatic carbocycles. The van der Waals surface area contributed by atoms with E-state index < -0.39 is 11.0 Å². The molecule has 19 heavy (non-hydrogen) atoms. The predicted molar refractivity (Wildman–Crippen MR) is 74.1 cm³/mol. The van der Waals surface area contributed by atoms with Crippen LogP contribution in [0.5, 0.6) is 0 Å². The van der Waals surface area contributed by atoms with Gasteiger partial charge in [0, 0.05) is 31.3 Å². The fourth-order valence-corrected chi connectivity index (χ4v) is 1.55. The van der Waals surface area contributed by atoms with Gasteiger partial charge in [0.15, 0.2) is 0 Å². The van der Waals surface area contributed by atoms with Crippen molar-refractivity contribution < 1.29 is 10.0 Å². The fourth-order valence-electron chi connectivity index (χ4n) is 1.55. The predicted octanol–water partition coefficient (Wildman–Crippen LogP) is 1.17. The van der Waals surface area contributed by atoms with E-state index >= 15 is 0 Å². The van der Waals surface area contributed by atoms with Gasteiger partial charge in [0.1, 0.15) is 0 Å². The minimum Gasteiger partial charge on any atom is -0.387 e. The van der Waals surface area contributed by atoms with Crippen LogP contribution in [0, 0.1) is 10.1 Å². The van der Waals surface area contributed by atoms with E-state index in [0.717, 1.165) is 6.54 Å². The van der Waals surface area contributed by atoms with E-state index in [1.807, 2.05) is 14.1 Å².